The molecule has 1 aliphatic heterocycles. The first-order valence-electron chi connectivity index (χ1n) is 15.6. The van der Waals surface area contributed by atoms with Gasteiger partial charge in [0.1, 0.15) is 0 Å². The quantitative estimate of drug-likeness (QED) is 0.337. The van der Waals surface area contributed by atoms with Gasteiger partial charge in [-0.1, -0.05) is 32.1 Å². The lowest BCUT2D eigenvalue weighted by Gasteiger charge is -2.71. The summed E-state index contributed by atoms with van der Waals surface area (Å²) in [5, 5.41) is 33.3. The molecule has 7 aliphatic rings. The van der Waals surface area contributed by atoms with Crippen molar-refractivity contribution in [3.8, 4) is 0 Å². The molecule has 1 unspecified atom stereocenters. The van der Waals surface area contributed by atoms with E-state index >= 15 is 0 Å². The van der Waals surface area contributed by atoms with Crippen LogP contribution in [0.1, 0.15) is 82.0 Å². The van der Waals surface area contributed by atoms with Crippen LogP contribution in [-0.4, -0.2) is 63.4 Å². The van der Waals surface area contributed by atoms with E-state index in [1.807, 2.05) is 0 Å². The fourth-order valence-electron chi connectivity index (χ4n) is 11.0. The number of halogens is 2. The third kappa shape index (κ3) is 3.49. The van der Waals surface area contributed by atoms with Gasteiger partial charge >= 0.3 is 0 Å². The van der Waals surface area contributed by atoms with Crippen molar-refractivity contribution in [3.63, 3.8) is 0 Å². The van der Waals surface area contributed by atoms with Gasteiger partial charge in [-0.3, -0.25) is 9.69 Å². The lowest BCUT2D eigenvalue weighted by molar-refractivity contribution is -0.177. The molecule has 1 heterocycles. The van der Waals surface area contributed by atoms with Crippen LogP contribution in [0.3, 0.4) is 0 Å². The zero-order valence-corrected chi connectivity index (χ0v) is 24.2. The Labute approximate surface area is 241 Å². The number of carbonyl (C=O) groups excluding carboxylic acids is 1. The van der Waals surface area contributed by atoms with Gasteiger partial charge in [-0.25, -0.2) is 8.78 Å². The van der Waals surface area contributed by atoms with E-state index in [9.17, 15) is 28.9 Å². The first-order chi connectivity index (χ1) is 19.4. The molecule has 2 bridgehead atoms. The summed E-state index contributed by atoms with van der Waals surface area (Å²) < 4.78 is 28.3. The maximum absolute atomic E-state index is 14.4. The van der Waals surface area contributed by atoms with Crippen LogP contribution in [0.5, 0.6) is 0 Å². The van der Waals surface area contributed by atoms with Crippen molar-refractivity contribution in [3.05, 3.63) is 59.2 Å². The molecule has 6 aliphatic carbocycles. The number of Topliss-reactive ketones (excluding diaryl/α,β-unsaturated/α-hetero) is 1. The molecular formula is C34H43F2NO4. The van der Waals surface area contributed by atoms with E-state index in [0.717, 1.165) is 63.6 Å². The van der Waals surface area contributed by atoms with Gasteiger partial charge in [0.2, 0.25) is 0 Å². The highest BCUT2D eigenvalue weighted by molar-refractivity contribution is 6.10. The number of benzene rings is 1. The van der Waals surface area contributed by atoms with Crippen LogP contribution in [0.2, 0.25) is 0 Å². The fraction of sp³-hybridized carbons (Fsp3) is 0.676. The number of aliphatic hydroxyl groups excluding tert-OH is 2. The van der Waals surface area contributed by atoms with Crippen molar-refractivity contribution in [1.29, 1.82) is 0 Å². The summed E-state index contributed by atoms with van der Waals surface area (Å²) in [5.41, 5.74) is -1.93. The topological polar surface area (TPSA) is 81.0 Å². The predicted molar refractivity (Wildman–Crippen MR) is 151 cm³/mol. The van der Waals surface area contributed by atoms with Gasteiger partial charge in [0, 0.05) is 40.0 Å². The van der Waals surface area contributed by atoms with Crippen LogP contribution in [0.25, 0.3) is 0 Å². The summed E-state index contributed by atoms with van der Waals surface area (Å²) in [6, 6.07) is 3.48. The van der Waals surface area contributed by atoms with E-state index < -0.39 is 39.6 Å². The Kier molecular flexibility index (Phi) is 6.15. The average molecular weight is 568 g/mol. The largest absolute Gasteiger partial charge is 0.395 e. The first kappa shape index (κ1) is 27.9. The Hall–Kier alpha value is -1.93. The number of hydrogen-bond donors (Lipinski definition) is 3. The summed E-state index contributed by atoms with van der Waals surface area (Å²) in [6.07, 6.45) is 13.3. The van der Waals surface area contributed by atoms with Crippen LogP contribution in [0, 0.1) is 45.1 Å². The second kappa shape index (κ2) is 9.04. The molecule has 2 spiro atoms. The Bertz CT molecular complexity index is 1350. The molecule has 0 aromatic heterocycles. The number of ketones is 1. The monoisotopic (exact) mass is 567 g/mol. The van der Waals surface area contributed by atoms with E-state index in [1.165, 1.54) is 6.07 Å². The molecule has 3 saturated carbocycles. The number of β-amino-alcohol motifs (C(OH)–C–C–N with tert-alkyl or cyclic N) is 1. The number of carbonyl (C=O) groups is 1. The van der Waals surface area contributed by atoms with Crippen molar-refractivity contribution >= 4 is 5.78 Å². The highest BCUT2D eigenvalue weighted by Crippen LogP contribution is 2.78. The normalized spacial score (nSPS) is 46.7. The highest BCUT2D eigenvalue weighted by atomic mass is 19.2. The number of nitrogens with zero attached hydrogens (tertiary/aromatic N) is 1. The van der Waals surface area contributed by atoms with Crippen molar-refractivity contribution in [2.45, 2.75) is 89.4 Å². The minimum atomic E-state index is -1.04. The van der Waals surface area contributed by atoms with Crippen LogP contribution in [0.15, 0.2) is 42.0 Å². The average Bonchev–Trinajstić information content (AvgIpc) is 3.50. The molecule has 222 valence electrons. The van der Waals surface area contributed by atoms with Gasteiger partial charge in [-0.2, -0.15) is 0 Å². The molecule has 4 fully saturated rings. The van der Waals surface area contributed by atoms with Crippen molar-refractivity contribution in [2.75, 3.05) is 19.7 Å². The van der Waals surface area contributed by atoms with Crippen molar-refractivity contribution < 1.29 is 28.9 Å². The molecule has 0 amide bonds. The smallest absolute Gasteiger partial charge is 0.189 e. The zero-order chi connectivity index (χ0) is 29.0. The summed E-state index contributed by atoms with van der Waals surface area (Å²) in [7, 11) is 0. The predicted octanol–water partition coefficient (Wildman–Crippen LogP) is 5.20. The molecule has 5 nitrogen and oxygen atoms in total. The number of likely N-dealkylation sites (tertiary alicyclic amines) is 1. The molecule has 1 saturated heterocycles. The van der Waals surface area contributed by atoms with E-state index in [-0.39, 0.29) is 41.2 Å². The lowest BCUT2D eigenvalue weighted by Crippen LogP contribution is -2.67. The van der Waals surface area contributed by atoms with Crippen LogP contribution >= 0.6 is 0 Å². The molecule has 3 N–H and O–H groups in total. The highest BCUT2D eigenvalue weighted by Gasteiger charge is 2.74. The molecular weight excluding hydrogens is 524 g/mol. The SMILES string of the molecule is C[C@]12CC[C@H]3[C@]4(C=C[C@@]5(C=C4C(=O)c4ccc(F)c(F)c4)CC(O)CC[C@]35C)[C@@H]1CC[C@@]2(O)CN1CCC[C@H]1CO. The Morgan fingerprint density at radius 2 is 1.73 bits per heavy atom. The first-order valence-corrected chi connectivity index (χ1v) is 15.6. The van der Waals surface area contributed by atoms with Crippen molar-refractivity contribution in [2.24, 2.45) is 33.5 Å². The maximum atomic E-state index is 14.4. The zero-order valence-electron chi connectivity index (χ0n) is 24.2. The minimum absolute atomic E-state index is 0.00681. The number of fused-ring (bicyclic) bond motifs is 1. The van der Waals surface area contributed by atoms with E-state index in [4.69, 9.17) is 0 Å². The van der Waals surface area contributed by atoms with E-state index in [2.05, 4.69) is 37.0 Å². The van der Waals surface area contributed by atoms with Gasteiger partial charge in [-0.15, -0.1) is 0 Å². The summed E-state index contributed by atoms with van der Waals surface area (Å²) in [6.45, 7) is 6.00. The number of hydrogen-bond acceptors (Lipinski definition) is 5. The number of allylic oxidation sites excluding steroid dienone is 4. The van der Waals surface area contributed by atoms with Crippen LogP contribution < -0.4 is 0 Å². The van der Waals surface area contributed by atoms with Gasteiger partial charge in [-0.05, 0) is 99.8 Å². The summed E-state index contributed by atoms with van der Waals surface area (Å²) in [5.74, 6) is -2.16. The van der Waals surface area contributed by atoms with E-state index in [0.29, 0.717) is 25.0 Å². The van der Waals surface area contributed by atoms with Gasteiger partial charge in [0.15, 0.2) is 17.4 Å². The third-order valence-electron chi connectivity index (χ3n) is 13.3. The molecule has 1 aromatic rings. The summed E-state index contributed by atoms with van der Waals surface area (Å²) in [4.78, 5) is 16.7. The fourth-order valence-corrected chi connectivity index (χ4v) is 11.0. The molecule has 0 radical (unpaired) electrons. The second-order valence-corrected chi connectivity index (χ2v) is 14.7. The third-order valence-corrected chi connectivity index (χ3v) is 13.3. The Morgan fingerprint density at radius 1 is 1.00 bits per heavy atom. The van der Waals surface area contributed by atoms with Gasteiger partial charge in [0.25, 0.3) is 0 Å². The second-order valence-electron chi connectivity index (χ2n) is 14.7. The molecule has 7 heteroatoms. The van der Waals surface area contributed by atoms with Crippen LogP contribution in [0.4, 0.5) is 8.78 Å². The standard InChI is InChI=1S/C34H43F2NO4/c1-30-10-7-23(39)17-32(30)13-14-34(24(18-32)29(40)21-5-6-25(35)26(36)16-21)27(30)8-11-31(2)28(34)9-12-33(31,41)20-37-15-3-4-22(37)19-38/h5-6,13-14,16,18,22-23,27-28,38-39,41H,3-4,7-12,15,17,19-20H2,1-2H3/t22-,23?,27+,28+,30+,31-,32-,33+,34+/m0/s1. The molecule has 9 atom stereocenters. The molecule has 41 heavy (non-hydrogen) atoms. The lowest BCUT2D eigenvalue weighted by atomic mass is 9.32. The van der Waals surface area contributed by atoms with E-state index in [1.54, 1.807) is 0 Å². The molecule has 1 aromatic carbocycles. The Morgan fingerprint density at radius 3 is 2.49 bits per heavy atom. The molecule has 8 rings (SSSR count). The Balaban J connectivity index is 1.36. The maximum Gasteiger partial charge on any atom is 0.189 e. The van der Waals surface area contributed by atoms with Gasteiger partial charge in [0.05, 0.1) is 18.3 Å². The van der Waals surface area contributed by atoms with Crippen molar-refractivity contribution in [1.82, 2.24) is 4.90 Å². The van der Waals surface area contributed by atoms with Crippen LogP contribution in [-0.2, 0) is 0 Å². The minimum Gasteiger partial charge on any atom is -0.395 e. The number of aliphatic hydroxyl groups is 3. The van der Waals surface area contributed by atoms with Gasteiger partial charge < -0.3 is 15.3 Å². The number of rotatable bonds is 5. The summed E-state index contributed by atoms with van der Waals surface area (Å²) >= 11 is 0.